The second kappa shape index (κ2) is 5.38. The minimum absolute atomic E-state index is 0.102. The number of nitrogens with zero attached hydrogens (tertiary/aromatic N) is 1. The average Bonchev–Trinajstić information content (AvgIpc) is 2.76. The molecule has 1 aliphatic carbocycles. The second-order valence-corrected chi connectivity index (χ2v) is 6.63. The molecule has 0 amide bonds. The molecule has 2 unspecified atom stereocenters. The first-order chi connectivity index (χ1) is 8.49. The number of nitrogens with one attached hydrogen (secondary N) is 2. The van der Waals surface area contributed by atoms with E-state index in [2.05, 4.69) is 14.7 Å². The molecule has 1 saturated carbocycles. The number of hydrogen-bond acceptors (Lipinski definition) is 4. The van der Waals surface area contributed by atoms with E-state index in [1.165, 1.54) is 6.20 Å². The van der Waals surface area contributed by atoms with E-state index in [-0.39, 0.29) is 17.0 Å². The number of nitrogens with two attached hydrogens (primary N) is 1. The van der Waals surface area contributed by atoms with Gasteiger partial charge in [0, 0.05) is 12.6 Å². The Hall–Kier alpha value is -0.920. The predicted octanol–water partition coefficient (Wildman–Crippen LogP) is 0.514. The Bertz CT molecular complexity index is 497. The van der Waals surface area contributed by atoms with Gasteiger partial charge in [-0.2, -0.15) is 0 Å². The number of sulfonamides is 1. The highest BCUT2D eigenvalue weighted by Crippen LogP contribution is 2.22. The van der Waals surface area contributed by atoms with E-state index < -0.39 is 10.0 Å². The standard InChI is InChI=1S/C11H20N4O2S/c1-8-13-7-11(15-8)18(16,17)14-6-9-4-2-3-5-10(9)12/h7,9-10,14H,2-6,12H2,1H3,(H,13,15). The van der Waals surface area contributed by atoms with E-state index in [4.69, 9.17) is 5.73 Å². The average molecular weight is 272 g/mol. The Kier molecular flexibility index (Phi) is 4.04. The van der Waals surface area contributed by atoms with Crippen LogP contribution < -0.4 is 10.5 Å². The van der Waals surface area contributed by atoms with Gasteiger partial charge in [0.05, 0.1) is 6.20 Å². The first-order valence-electron chi connectivity index (χ1n) is 6.26. The number of rotatable bonds is 4. The molecule has 0 radical (unpaired) electrons. The lowest BCUT2D eigenvalue weighted by atomic mass is 9.85. The lowest BCUT2D eigenvalue weighted by Gasteiger charge is -2.28. The highest BCUT2D eigenvalue weighted by molar-refractivity contribution is 7.89. The number of aromatic nitrogens is 2. The molecule has 1 aromatic heterocycles. The van der Waals surface area contributed by atoms with Crippen molar-refractivity contribution in [2.45, 2.75) is 43.7 Å². The zero-order valence-corrected chi connectivity index (χ0v) is 11.3. The van der Waals surface area contributed by atoms with Crippen LogP contribution in [-0.4, -0.2) is 31.0 Å². The van der Waals surface area contributed by atoms with Crippen LogP contribution in [0.1, 0.15) is 31.5 Å². The third kappa shape index (κ3) is 3.09. The maximum Gasteiger partial charge on any atom is 0.257 e. The Balaban J connectivity index is 1.96. The first-order valence-corrected chi connectivity index (χ1v) is 7.74. The minimum Gasteiger partial charge on any atom is -0.332 e. The van der Waals surface area contributed by atoms with Gasteiger partial charge in [0.2, 0.25) is 0 Å². The maximum absolute atomic E-state index is 12.0. The third-order valence-electron chi connectivity index (χ3n) is 3.47. The van der Waals surface area contributed by atoms with Crippen LogP contribution in [0, 0.1) is 12.8 Å². The van der Waals surface area contributed by atoms with E-state index in [0.29, 0.717) is 12.4 Å². The molecule has 2 rings (SSSR count). The molecule has 1 heterocycles. The smallest absolute Gasteiger partial charge is 0.257 e. The fourth-order valence-corrected chi connectivity index (χ4v) is 3.38. The fourth-order valence-electron chi connectivity index (χ4n) is 2.32. The monoisotopic (exact) mass is 272 g/mol. The zero-order valence-electron chi connectivity index (χ0n) is 10.5. The molecule has 7 heteroatoms. The molecular weight excluding hydrogens is 252 g/mol. The van der Waals surface area contributed by atoms with Crippen molar-refractivity contribution in [1.82, 2.24) is 14.7 Å². The lowest BCUT2D eigenvalue weighted by Crippen LogP contribution is -2.41. The second-order valence-electron chi connectivity index (χ2n) is 4.89. The Morgan fingerprint density at radius 2 is 2.22 bits per heavy atom. The van der Waals surface area contributed by atoms with Gasteiger partial charge in [-0.3, -0.25) is 0 Å². The molecule has 18 heavy (non-hydrogen) atoms. The normalized spacial score (nSPS) is 25.2. The molecule has 2 atom stereocenters. The molecule has 0 aliphatic heterocycles. The molecule has 4 N–H and O–H groups in total. The number of aryl methyl sites for hydroxylation is 1. The van der Waals surface area contributed by atoms with Gasteiger partial charge in [-0.25, -0.2) is 18.1 Å². The Morgan fingerprint density at radius 1 is 1.50 bits per heavy atom. The number of aromatic amines is 1. The summed E-state index contributed by atoms with van der Waals surface area (Å²) in [5.41, 5.74) is 6.00. The van der Waals surface area contributed by atoms with Crippen LogP contribution in [0.25, 0.3) is 0 Å². The topological polar surface area (TPSA) is 101 Å². The number of H-pyrrole nitrogens is 1. The molecule has 0 bridgehead atoms. The van der Waals surface area contributed by atoms with Crippen molar-refractivity contribution < 1.29 is 8.42 Å². The Morgan fingerprint density at radius 3 is 2.83 bits per heavy atom. The van der Waals surface area contributed by atoms with Gasteiger partial charge in [0.1, 0.15) is 5.82 Å². The van der Waals surface area contributed by atoms with E-state index in [1.54, 1.807) is 6.92 Å². The highest BCUT2D eigenvalue weighted by atomic mass is 32.2. The van der Waals surface area contributed by atoms with Gasteiger partial charge in [-0.1, -0.05) is 12.8 Å². The number of hydrogen-bond donors (Lipinski definition) is 3. The highest BCUT2D eigenvalue weighted by Gasteiger charge is 2.24. The van der Waals surface area contributed by atoms with Crippen LogP contribution >= 0.6 is 0 Å². The molecule has 1 fully saturated rings. The summed E-state index contributed by atoms with van der Waals surface area (Å²) in [4.78, 5) is 6.62. The number of imidazole rings is 1. The summed E-state index contributed by atoms with van der Waals surface area (Å²) in [6, 6.07) is 0.102. The van der Waals surface area contributed by atoms with Crippen LogP contribution in [0.2, 0.25) is 0 Å². The van der Waals surface area contributed by atoms with E-state index in [0.717, 1.165) is 25.7 Å². The van der Waals surface area contributed by atoms with Crippen molar-refractivity contribution in [3.8, 4) is 0 Å². The molecule has 102 valence electrons. The van der Waals surface area contributed by atoms with E-state index >= 15 is 0 Å². The fraction of sp³-hybridized carbons (Fsp3) is 0.727. The summed E-state index contributed by atoms with van der Waals surface area (Å²) in [7, 11) is -3.49. The van der Waals surface area contributed by atoms with Gasteiger partial charge < -0.3 is 10.7 Å². The van der Waals surface area contributed by atoms with Gasteiger partial charge in [-0.15, -0.1) is 0 Å². The van der Waals surface area contributed by atoms with Crippen molar-refractivity contribution in [3.63, 3.8) is 0 Å². The quantitative estimate of drug-likeness (QED) is 0.743. The van der Waals surface area contributed by atoms with Crippen molar-refractivity contribution >= 4 is 10.0 Å². The summed E-state index contributed by atoms with van der Waals surface area (Å²) in [5, 5.41) is 0.115. The summed E-state index contributed by atoms with van der Waals surface area (Å²) in [5.74, 6) is 0.822. The molecule has 1 aromatic rings. The molecule has 6 nitrogen and oxygen atoms in total. The zero-order chi connectivity index (χ0) is 13.2. The minimum atomic E-state index is -3.49. The SMILES string of the molecule is Cc1ncc(S(=O)(=O)NCC2CCCCC2N)[nH]1. The summed E-state index contributed by atoms with van der Waals surface area (Å²) in [6.45, 7) is 2.12. The largest absolute Gasteiger partial charge is 0.332 e. The Labute approximate surface area is 107 Å². The third-order valence-corrected chi connectivity index (χ3v) is 4.81. The van der Waals surface area contributed by atoms with Crippen LogP contribution in [0.4, 0.5) is 0 Å². The first kappa shape index (κ1) is 13.5. The molecule has 0 spiro atoms. The van der Waals surface area contributed by atoms with Crippen LogP contribution in [0.15, 0.2) is 11.2 Å². The predicted molar refractivity (Wildman–Crippen MR) is 68.4 cm³/mol. The van der Waals surface area contributed by atoms with E-state index in [9.17, 15) is 8.42 Å². The van der Waals surface area contributed by atoms with Crippen molar-refractivity contribution in [2.75, 3.05) is 6.54 Å². The summed E-state index contributed by atoms with van der Waals surface area (Å²) < 4.78 is 26.6. The van der Waals surface area contributed by atoms with Gasteiger partial charge in [0.15, 0.2) is 5.03 Å². The van der Waals surface area contributed by atoms with Crippen molar-refractivity contribution in [1.29, 1.82) is 0 Å². The summed E-state index contributed by atoms with van der Waals surface area (Å²) >= 11 is 0. The van der Waals surface area contributed by atoms with E-state index in [1.807, 2.05) is 0 Å². The van der Waals surface area contributed by atoms with Crippen LogP contribution in [0.5, 0.6) is 0 Å². The van der Waals surface area contributed by atoms with Crippen LogP contribution in [0.3, 0.4) is 0 Å². The molecule has 0 saturated heterocycles. The van der Waals surface area contributed by atoms with Crippen molar-refractivity contribution in [3.05, 3.63) is 12.0 Å². The lowest BCUT2D eigenvalue weighted by molar-refractivity contribution is 0.308. The van der Waals surface area contributed by atoms with Gasteiger partial charge >= 0.3 is 0 Å². The van der Waals surface area contributed by atoms with Crippen molar-refractivity contribution in [2.24, 2.45) is 11.7 Å². The molecular formula is C11H20N4O2S. The summed E-state index contributed by atoms with van der Waals surface area (Å²) in [6.07, 6.45) is 5.58. The van der Waals surface area contributed by atoms with Gasteiger partial charge in [-0.05, 0) is 25.7 Å². The molecule has 0 aromatic carbocycles. The van der Waals surface area contributed by atoms with Gasteiger partial charge in [0.25, 0.3) is 10.0 Å². The van der Waals surface area contributed by atoms with Crippen LogP contribution in [-0.2, 0) is 10.0 Å². The maximum atomic E-state index is 12.0. The molecule has 1 aliphatic rings.